The fraction of sp³-hybridized carbons (Fsp3) is 0.269. The number of aryl methyl sites for hydroxylation is 1. The number of nitrogens with zero attached hydrogens (tertiary/aromatic N) is 5. The molecule has 0 aliphatic heterocycles. The molecule has 192 valence electrons. The van der Waals surface area contributed by atoms with Crippen molar-refractivity contribution < 1.29 is 24.2 Å². The van der Waals surface area contributed by atoms with E-state index in [-0.39, 0.29) is 29.6 Å². The maximum absolute atomic E-state index is 13.8. The molecule has 0 saturated carbocycles. The number of hydrogen-bond donors (Lipinski definition) is 3. The Bertz CT molecular complexity index is 1400. The minimum absolute atomic E-state index is 0.0152. The van der Waals surface area contributed by atoms with Crippen LogP contribution in [0.15, 0.2) is 65.1 Å². The fourth-order valence-electron chi connectivity index (χ4n) is 3.75. The molecule has 11 nitrogen and oxygen atoms in total. The van der Waals surface area contributed by atoms with Gasteiger partial charge in [-0.3, -0.25) is 14.5 Å². The number of furan rings is 1. The van der Waals surface area contributed by atoms with Gasteiger partial charge in [-0.25, -0.2) is 0 Å². The van der Waals surface area contributed by atoms with E-state index in [1.54, 1.807) is 43.3 Å². The number of benzene rings is 2. The molecule has 4 aromatic rings. The first-order valence-corrected chi connectivity index (χ1v) is 11.6. The van der Waals surface area contributed by atoms with E-state index in [0.717, 1.165) is 4.80 Å². The number of carbonyl (C=O) groups excluding carboxylic acids is 2. The average Bonchev–Trinajstić information content (AvgIpc) is 3.45. The Morgan fingerprint density at radius 1 is 1.05 bits per heavy atom. The van der Waals surface area contributed by atoms with E-state index in [9.17, 15) is 19.8 Å². The van der Waals surface area contributed by atoms with E-state index in [0.29, 0.717) is 17.1 Å². The molecule has 37 heavy (non-hydrogen) atoms. The first kappa shape index (κ1) is 25.4. The largest absolute Gasteiger partial charge is 0.508 e. The number of amides is 2. The van der Waals surface area contributed by atoms with Gasteiger partial charge in [0.2, 0.25) is 11.7 Å². The van der Waals surface area contributed by atoms with Gasteiger partial charge in [0.25, 0.3) is 5.91 Å². The Hall–Kier alpha value is -4.67. The molecule has 0 aliphatic carbocycles. The summed E-state index contributed by atoms with van der Waals surface area (Å²) in [5.41, 5.74) is 0.146. The van der Waals surface area contributed by atoms with Crippen molar-refractivity contribution >= 4 is 17.5 Å². The SMILES string of the molecule is Cc1ccc(-c2nnn(CC(=O)N(c3cccc(O)c3)C(C(=O)NC(C)(C)C)c3ccc(O)cc3)n2)o1. The summed E-state index contributed by atoms with van der Waals surface area (Å²) < 4.78 is 5.53. The summed E-state index contributed by atoms with van der Waals surface area (Å²) in [6.07, 6.45) is 0. The Balaban J connectivity index is 1.75. The molecule has 2 heterocycles. The third-order valence-electron chi connectivity index (χ3n) is 5.28. The van der Waals surface area contributed by atoms with Crippen molar-refractivity contribution in [1.29, 1.82) is 0 Å². The van der Waals surface area contributed by atoms with E-state index in [2.05, 4.69) is 20.7 Å². The lowest BCUT2D eigenvalue weighted by atomic mass is 10.0. The van der Waals surface area contributed by atoms with Crippen LogP contribution in [0.2, 0.25) is 0 Å². The molecule has 0 aliphatic rings. The van der Waals surface area contributed by atoms with Crippen molar-refractivity contribution in [1.82, 2.24) is 25.5 Å². The van der Waals surface area contributed by atoms with Crippen LogP contribution in [0.3, 0.4) is 0 Å². The van der Waals surface area contributed by atoms with Crippen LogP contribution in [0.25, 0.3) is 11.6 Å². The number of anilines is 1. The van der Waals surface area contributed by atoms with Crippen molar-refractivity contribution in [2.75, 3.05) is 4.90 Å². The number of rotatable bonds is 7. The Labute approximate surface area is 213 Å². The molecule has 0 radical (unpaired) electrons. The summed E-state index contributed by atoms with van der Waals surface area (Å²) in [6.45, 7) is 6.93. The summed E-state index contributed by atoms with van der Waals surface area (Å²) in [5.74, 6) is 0.254. The minimum Gasteiger partial charge on any atom is -0.508 e. The second-order valence-corrected chi connectivity index (χ2v) is 9.57. The third kappa shape index (κ3) is 6.13. The average molecular weight is 505 g/mol. The van der Waals surface area contributed by atoms with E-state index >= 15 is 0 Å². The highest BCUT2D eigenvalue weighted by Gasteiger charge is 2.35. The highest BCUT2D eigenvalue weighted by atomic mass is 16.3. The Morgan fingerprint density at radius 3 is 2.41 bits per heavy atom. The molecule has 11 heteroatoms. The lowest BCUT2D eigenvalue weighted by Gasteiger charge is -2.33. The second kappa shape index (κ2) is 10.1. The highest BCUT2D eigenvalue weighted by molar-refractivity contribution is 6.01. The van der Waals surface area contributed by atoms with Crippen molar-refractivity contribution in [3.8, 4) is 23.1 Å². The number of tetrazole rings is 1. The van der Waals surface area contributed by atoms with Gasteiger partial charge in [-0.1, -0.05) is 18.2 Å². The molecule has 0 bridgehead atoms. The molecule has 3 N–H and O–H groups in total. The van der Waals surface area contributed by atoms with Gasteiger partial charge in [-0.15, -0.1) is 10.2 Å². The van der Waals surface area contributed by atoms with Crippen molar-refractivity contribution in [3.63, 3.8) is 0 Å². The summed E-state index contributed by atoms with van der Waals surface area (Å²) in [7, 11) is 0. The lowest BCUT2D eigenvalue weighted by molar-refractivity contribution is -0.128. The van der Waals surface area contributed by atoms with Crippen LogP contribution in [-0.4, -0.2) is 47.8 Å². The first-order valence-electron chi connectivity index (χ1n) is 11.6. The smallest absolute Gasteiger partial charge is 0.251 e. The molecule has 2 aromatic carbocycles. The topological polar surface area (TPSA) is 147 Å². The summed E-state index contributed by atoms with van der Waals surface area (Å²) in [6, 6.07) is 14.4. The van der Waals surface area contributed by atoms with Crippen LogP contribution in [0.1, 0.15) is 38.1 Å². The third-order valence-corrected chi connectivity index (χ3v) is 5.28. The number of phenolic OH excluding ortho intramolecular Hbond substituents is 2. The standard InChI is InChI=1S/C26H28N6O5/c1-16-8-13-21(37-16)24-28-30-31(29-24)15-22(35)32(18-6-5-7-20(34)14-18)23(25(36)27-26(2,3)4)17-9-11-19(33)12-10-17/h5-14,23,33-34H,15H2,1-4H3,(H,27,36). The van der Waals surface area contributed by atoms with Gasteiger partial charge in [0.15, 0.2) is 5.76 Å². The van der Waals surface area contributed by atoms with Gasteiger partial charge in [-0.05, 0) is 74.9 Å². The number of phenols is 2. The van der Waals surface area contributed by atoms with Crippen LogP contribution < -0.4 is 10.2 Å². The molecule has 2 amide bonds. The zero-order valence-corrected chi connectivity index (χ0v) is 20.9. The molecule has 4 rings (SSSR count). The minimum atomic E-state index is -1.13. The molecular weight excluding hydrogens is 476 g/mol. The van der Waals surface area contributed by atoms with Gasteiger partial charge >= 0.3 is 0 Å². The maximum atomic E-state index is 13.8. The molecular formula is C26H28N6O5. The first-order chi connectivity index (χ1) is 17.5. The fourth-order valence-corrected chi connectivity index (χ4v) is 3.75. The number of carbonyl (C=O) groups is 2. The summed E-state index contributed by atoms with van der Waals surface area (Å²) in [4.78, 5) is 29.8. The highest BCUT2D eigenvalue weighted by Crippen LogP contribution is 2.31. The maximum Gasteiger partial charge on any atom is 0.251 e. The van der Waals surface area contributed by atoms with Crippen molar-refractivity contribution in [2.45, 2.75) is 45.8 Å². The lowest BCUT2D eigenvalue weighted by Crippen LogP contribution is -2.50. The van der Waals surface area contributed by atoms with E-state index in [4.69, 9.17) is 4.42 Å². The molecule has 2 aromatic heterocycles. The second-order valence-electron chi connectivity index (χ2n) is 9.57. The zero-order valence-electron chi connectivity index (χ0n) is 20.9. The van der Waals surface area contributed by atoms with Gasteiger partial charge in [0.1, 0.15) is 29.8 Å². The predicted octanol–water partition coefficient (Wildman–Crippen LogP) is 3.34. The van der Waals surface area contributed by atoms with Gasteiger partial charge in [0.05, 0.1) is 0 Å². The summed E-state index contributed by atoms with van der Waals surface area (Å²) >= 11 is 0. The van der Waals surface area contributed by atoms with Crippen LogP contribution in [0.5, 0.6) is 11.5 Å². The van der Waals surface area contributed by atoms with E-state index in [1.165, 1.54) is 29.2 Å². The zero-order chi connectivity index (χ0) is 26.7. The normalized spacial score (nSPS) is 12.2. The van der Waals surface area contributed by atoms with Crippen molar-refractivity contribution in [3.05, 3.63) is 72.0 Å². The Morgan fingerprint density at radius 2 is 1.78 bits per heavy atom. The number of hydrogen-bond acceptors (Lipinski definition) is 8. The van der Waals surface area contributed by atoms with Gasteiger partial charge in [-0.2, -0.15) is 4.80 Å². The van der Waals surface area contributed by atoms with E-state index in [1.807, 2.05) is 20.8 Å². The quantitative estimate of drug-likeness (QED) is 0.347. The van der Waals surface area contributed by atoms with Crippen LogP contribution in [0.4, 0.5) is 5.69 Å². The summed E-state index contributed by atoms with van der Waals surface area (Å²) in [5, 5.41) is 35.1. The van der Waals surface area contributed by atoms with Crippen LogP contribution >= 0.6 is 0 Å². The molecule has 0 spiro atoms. The van der Waals surface area contributed by atoms with Crippen LogP contribution in [-0.2, 0) is 16.1 Å². The monoisotopic (exact) mass is 504 g/mol. The molecule has 1 unspecified atom stereocenters. The molecule has 0 fully saturated rings. The number of aromatic nitrogens is 4. The molecule has 0 saturated heterocycles. The predicted molar refractivity (Wildman–Crippen MR) is 135 cm³/mol. The van der Waals surface area contributed by atoms with Gasteiger partial charge in [0, 0.05) is 17.3 Å². The number of nitrogens with one attached hydrogen (secondary N) is 1. The van der Waals surface area contributed by atoms with E-state index < -0.39 is 23.4 Å². The number of aromatic hydroxyl groups is 2. The van der Waals surface area contributed by atoms with Gasteiger partial charge < -0.3 is 19.9 Å². The van der Waals surface area contributed by atoms with Crippen molar-refractivity contribution in [2.24, 2.45) is 0 Å². The molecule has 1 atom stereocenters. The Kier molecular flexibility index (Phi) is 6.96. The van der Waals surface area contributed by atoms with Crippen LogP contribution in [0, 0.1) is 6.92 Å².